The molecule has 1 rings (SSSR count). The summed E-state index contributed by atoms with van der Waals surface area (Å²) in [5.41, 5.74) is 1.14. The molecule has 0 atom stereocenters. The second kappa shape index (κ2) is 9.18. The van der Waals surface area contributed by atoms with Gasteiger partial charge in [0.25, 0.3) is 0 Å². The van der Waals surface area contributed by atoms with Crippen LogP contribution in [0.3, 0.4) is 0 Å². The van der Waals surface area contributed by atoms with E-state index >= 15 is 0 Å². The SMILES string of the molecule is CNCCc1ccc(S(=O)(=O)NCCCCC(C)C)cc1. The molecule has 0 aliphatic carbocycles. The molecule has 0 spiro atoms. The Bertz CT molecular complexity index is 496. The molecule has 21 heavy (non-hydrogen) atoms. The van der Waals surface area contributed by atoms with Gasteiger partial charge in [0.1, 0.15) is 0 Å². The van der Waals surface area contributed by atoms with E-state index < -0.39 is 10.0 Å². The van der Waals surface area contributed by atoms with Crippen LogP contribution < -0.4 is 10.0 Å². The second-order valence-corrected chi connectivity index (χ2v) is 7.55. The fourth-order valence-corrected chi connectivity index (χ4v) is 3.15. The first-order valence-electron chi connectivity index (χ1n) is 7.69. The van der Waals surface area contributed by atoms with Crippen LogP contribution in [0.2, 0.25) is 0 Å². The fraction of sp³-hybridized carbons (Fsp3) is 0.625. The molecule has 4 nitrogen and oxygen atoms in total. The van der Waals surface area contributed by atoms with Crippen molar-refractivity contribution in [3.05, 3.63) is 29.8 Å². The first kappa shape index (κ1) is 18.1. The van der Waals surface area contributed by atoms with Gasteiger partial charge in [0.2, 0.25) is 10.0 Å². The van der Waals surface area contributed by atoms with Gasteiger partial charge in [0, 0.05) is 6.54 Å². The number of benzene rings is 1. The van der Waals surface area contributed by atoms with Gasteiger partial charge < -0.3 is 5.32 Å². The highest BCUT2D eigenvalue weighted by atomic mass is 32.2. The Kier molecular flexibility index (Phi) is 7.93. The molecule has 0 amide bonds. The summed E-state index contributed by atoms with van der Waals surface area (Å²) in [4.78, 5) is 0.347. The van der Waals surface area contributed by atoms with Crippen LogP contribution in [0.15, 0.2) is 29.2 Å². The summed E-state index contributed by atoms with van der Waals surface area (Å²) in [5.74, 6) is 0.673. The maximum atomic E-state index is 12.1. The molecule has 0 aliphatic heterocycles. The lowest BCUT2D eigenvalue weighted by Crippen LogP contribution is -2.24. The zero-order valence-electron chi connectivity index (χ0n) is 13.4. The molecule has 120 valence electrons. The van der Waals surface area contributed by atoms with Crippen molar-refractivity contribution < 1.29 is 8.42 Å². The highest BCUT2D eigenvalue weighted by molar-refractivity contribution is 7.89. The van der Waals surface area contributed by atoms with Gasteiger partial charge in [-0.05, 0) is 50.0 Å². The molecule has 2 N–H and O–H groups in total. The second-order valence-electron chi connectivity index (χ2n) is 5.78. The van der Waals surface area contributed by atoms with Gasteiger partial charge in [-0.3, -0.25) is 0 Å². The average Bonchev–Trinajstić information content (AvgIpc) is 2.44. The van der Waals surface area contributed by atoms with E-state index in [1.54, 1.807) is 12.1 Å². The van der Waals surface area contributed by atoms with Gasteiger partial charge >= 0.3 is 0 Å². The van der Waals surface area contributed by atoms with Crippen LogP contribution in [0.1, 0.15) is 38.7 Å². The lowest BCUT2D eigenvalue weighted by atomic mass is 10.1. The van der Waals surface area contributed by atoms with Gasteiger partial charge in [-0.2, -0.15) is 0 Å². The maximum absolute atomic E-state index is 12.1. The summed E-state index contributed by atoms with van der Waals surface area (Å²) in [5, 5.41) is 3.08. The van der Waals surface area contributed by atoms with E-state index in [9.17, 15) is 8.42 Å². The van der Waals surface area contributed by atoms with Crippen molar-refractivity contribution in [3.8, 4) is 0 Å². The van der Waals surface area contributed by atoms with Crippen molar-refractivity contribution in [1.82, 2.24) is 10.0 Å². The van der Waals surface area contributed by atoms with Crippen LogP contribution >= 0.6 is 0 Å². The van der Waals surface area contributed by atoms with E-state index in [4.69, 9.17) is 0 Å². The molecule has 0 bridgehead atoms. The number of nitrogens with one attached hydrogen (secondary N) is 2. The van der Waals surface area contributed by atoms with Crippen molar-refractivity contribution >= 4 is 10.0 Å². The molecule has 0 heterocycles. The highest BCUT2D eigenvalue weighted by Crippen LogP contribution is 2.11. The number of hydrogen-bond acceptors (Lipinski definition) is 3. The quantitative estimate of drug-likeness (QED) is 0.653. The Morgan fingerprint density at radius 1 is 1.05 bits per heavy atom. The number of rotatable bonds is 10. The Balaban J connectivity index is 2.46. The van der Waals surface area contributed by atoms with Gasteiger partial charge in [-0.25, -0.2) is 13.1 Å². The summed E-state index contributed by atoms with van der Waals surface area (Å²) >= 11 is 0. The minimum Gasteiger partial charge on any atom is -0.319 e. The van der Waals surface area contributed by atoms with Gasteiger partial charge in [0.05, 0.1) is 4.90 Å². The molecule has 0 unspecified atom stereocenters. The molecule has 0 aromatic heterocycles. The standard InChI is InChI=1S/C16H28N2O2S/c1-14(2)6-4-5-12-18-21(19,20)16-9-7-15(8-10-16)11-13-17-3/h7-10,14,17-18H,4-6,11-13H2,1-3H3. The summed E-state index contributed by atoms with van der Waals surface area (Å²) in [6, 6.07) is 7.12. The van der Waals surface area contributed by atoms with E-state index in [2.05, 4.69) is 23.9 Å². The predicted molar refractivity (Wildman–Crippen MR) is 88.0 cm³/mol. The molecule has 0 radical (unpaired) electrons. The van der Waals surface area contributed by atoms with Crippen LogP contribution in [-0.4, -0.2) is 28.6 Å². The fourth-order valence-electron chi connectivity index (χ4n) is 2.07. The Morgan fingerprint density at radius 2 is 1.71 bits per heavy atom. The Morgan fingerprint density at radius 3 is 2.29 bits per heavy atom. The minimum absolute atomic E-state index is 0.347. The molecule has 0 fully saturated rings. The molecule has 1 aromatic rings. The third kappa shape index (κ3) is 7.07. The molecule has 0 aliphatic rings. The maximum Gasteiger partial charge on any atom is 0.240 e. The van der Waals surface area contributed by atoms with E-state index in [1.807, 2.05) is 19.2 Å². The summed E-state index contributed by atoms with van der Waals surface area (Å²) < 4.78 is 26.9. The molecule has 0 saturated carbocycles. The molecule has 0 saturated heterocycles. The van der Waals surface area contributed by atoms with Crippen LogP contribution in [0.5, 0.6) is 0 Å². The number of likely N-dealkylation sites (N-methyl/N-ethyl adjacent to an activating group) is 1. The zero-order chi connectivity index (χ0) is 15.7. The normalized spacial score (nSPS) is 12.0. The van der Waals surface area contributed by atoms with E-state index in [0.29, 0.717) is 17.4 Å². The molecular formula is C16H28N2O2S. The minimum atomic E-state index is -3.36. The van der Waals surface area contributed by atoms with Crippen molar-refractivity contribution in [2.45, 2.75) is 44.4 Å². The predicted octanol–water partition coefficient (Wildman–Crippen LogP) is 2.55. The largest absolute Gasteiger partial charge is 0.319 e. The van der Waals surface area contributed by atoms with Crippen molar-refractivity contribution in [2.24, 2.45) is 5.92 Å². The van der Waals surface area contributed by atoms with Gasteiger partial charge in [-0.15, -0.1) is 0 Å². The first-order valence-corrected chi connectivity index (χ1v) is 9.17. The zero-order valence-corrected chi connectivity index (χ0v) is 14.2. The number of sulfonamides is 1. The van der Waals surface area contributed by atoms with Gasteiger partial charge in [-0.1, -0.05) is 38.8 Å². The number of unbranched alkanes of at least 4 members (excludes halogenated alkanes) is 1. The summed E-state index contributed by atoms with van der Waals surface area (Å²) in [6.07, 6.45) is 3.99. The Labute approximate surface area is 129 Å². The summed E-state index contributed by atoms with van der Waals surface area (Å²) in [7, 11) is -1.46. The van der Waals surface area contributed by atoms with Crippen LogP contribution in [0.4, 0.5) is 0 Å². The monoisotopic (exact) mass is 312 g/mol. The highest BCUT2D eigenvalue weighted by Gasteiger charge is 2.12. The van der Waals surface area contributed by atoms with E-state index in [0.717, 1.165) is 37.8 Å². The van der Waals surface area contributed by atoms with E-state index in [1.165, 1.54) is 0 Å². The van der Waals surface area contributed by atoms with Crippen molar-refractivity contribution in [1.29, 1.82) is 0 Å². The van der Waals surface area contributed by atoms with Crippen LogP contribution in [-0.2, 0) is 16.4 Å². The third-order valence-electron chi connectivity index (χ3n) is 3.40. The van der Waals surface area contributed by atoms with Gasteiger partial charge in [0.15, 0.2) is 0 Å². The smallest absolute Gasteiger partial charge is 0.240 e. The third-order valence-corrected chi connectivity index (χ3v) is 4.87. The van der Waals surface area contributed by atoms with E-state index in [-0.39, 0.29) is 0 Å². The van der Waals surface area contributed by atoms with Crippen LogP contribution in [0.25, 0.3) is 0 Å². The Hall–Kier alpha value is -0.910. The van der Waals surface area contributed by atoms with Crippen LogP contribution in [0, 0.1) is 5.92 Å². The number of hydrogen-bond donors (Lipinski definition) is 2. The summed E-state index contributed by atoms with van der Waals surface area (Å²) in [6.45, 7) is 5.76. The molecular weight excluding hydrogens is 284 g/mol. The molecule has 1 aromatic carbocycles. The first-order chi connectivity index (χ1) is 9.95. The van der Waals surface area contributed by atoms with Crippen molar-refractivity contribution in [2.75, 3.05) is 20.1 Å². The lowest BCUT2D eigenvalue weighted by molar-refractivity contribution is 0.530. The van der Waals surface area contributed by atoms with Crippen molar-refractivity contribution in [3.63, 3.8) is 0 Å². The molecule has 5 heteroatoms. The lowest BCUT2D eigenvalue weighted by Gasteiger charge is -2.08. The average molecular weight is 312 g/mol. The topological polar surface area (TPSA) is 58.2 Å².